The zero-order valence-corrected chi connectivity index (χ0v) is 21.4. The fourth-order valence-corrected chi connectivity index (χ4v) is 4.75. The molecule has 0 spiro atoms. The number of amides is 2. The SMILES string of the molecule is CN(C(=O)OCC1c2ccccc2-c2ccccc21)C(CC(=O)OC(C)(C)C)C(=O)N1CCOCC1. The maximum atomic E-state index is 13.3. The van der Waals surface area contributed by atoms with Crippen LogP contribution in [-0.2, 0) is 23.8 Å². The number of carbonyl (C=O) groups is 3. The lowest BCUT2D eigenvalue weighted by Gasteiger charge is -2.34. The lowest BCUT2D eigenvalue weighted by molar-refractivity contribution is -0.159. The molecule has 1 aliphatic heterocycles. The minimum absolute atomic E-state index is 0.103. The van der Waals surface area contributed by atoms with E-state index in [1.807, 2.05) is 36.4 Å². The number of hydrogen-bond acceptors (Lipinski definition) is 6. The van der Waals surface area contributed by atoms with Gasteiger partial charge >= 0.3 is 12.1 Å². The van der Waals surface area contributed by atoms with E-state index in [9.17, 15) is 14.4 Å². The monoisotopic (exact) mass is 494 g/mol. The topological polar surface area (TPSA) is 85.4 Å². The molecular formula is C28H34N2O6. The van der Waals surface area contributed by atoms with Gasteiger partial charge in [-0.25, -0.2) is 4.79 Å². The van der Waals surface area contributed by atoms with Gasteiger partial charge in [-0.05, 0) is 43.0 Å². The number of ether oxygens (including phenoxy) is 3. The van der Waals surface area contributed by atoms with E-state index in [1.165, 1.54) is 11.9 Å². The number of carbonyl (C=O) groups excluding carboxylic acids is 3. The predicted molar refractivity (Wildman–Crippen MR) is 134 cm³/mol. The quantitative estimate of drug-likeness (QED) is 0.568. The van der Waals surface area contributed by atoms with Crippen LogP contribution in [0.25, 0.3) is 11.1 Å². The summed E-state index contributed by atoms with van der Waals surface area (Å²) in [6, 6.07) is 15.1. The zero-order valence-electron chi connectivity index (χ0n) is 21.4. The van der Waals surface area contributed by atoms with E-state index in [0.29, 0.717) is 26.3 Å². The molecule has 1 fully saturated rings. The molecule has 8 nitrogen and oxygen atoms in total. The lowest BCUT2D eigenvalue weighted by atomic mass is 9.98. The first-order valence-electron chi connectivity index (χ1n) is 12.3. The normalized spacial score (nSPS) is 16.1. The molecule has 2 aromatic carbocycles. The van der Waals surface area contributed by atoms with E-state index >= 15 is 0 Å². The molecule has 192 valence electrons. The zero-order chi connectivity index (χ0) is 25.9. The van der Waals surface area contributed by atoms with Crippen LogP contribution in [0.5, 0.6) is 0 Å². The van der Waals surface area contributed by atoms with Crippen molar-refractivity contribution in [2.45, 2.75) is 44.8 Å². The Kier molecular flexibility index (Phi) is 7.64. The van der Waals surface area contributed by atoms with E-state index in [4.69, 9.17) is 14.2 Å². The third kappa shape index (κ3) is 5.70. The molecule has 1 atom stereocenters. The van der Waals surface area contributed by atoms with Gasteiger partial charge < -0.3 is 19.1 Å². The Morgan fingerprint density at radius 2 is 1.56 bits per heavy atom. The summed E-state index contributed by atoms with van der Waals surface area (Å²) in [6.07, 6.45) is -0.916. The fourth-order valence-electron chi connectivity index (χ4n) is 4.75. The van der Waals surface area contributed by atoms with Crippen LogP contribution in [0.3, 0.4) is 0 Å². The Bertz CT molecular complexity index is 1070. The molecule has 4 rings (SSSR count). The highest BCUT2D eigenvalue weighted by molar-refractivity contribution is 5.90. The fraction of sp³-hybridized carbons (Fsp3) is 0.464. The summed E-state index contributed by atoms with van der Waals surface area (Å²) in [5.41, 5.74) is 3.76. The average Bonchev–Trinajstić information content (AvgIpc) is 3.18. The molecule has 0 bridgehead atoms. The molecule has 2 aromatic rings. The minimum atomic E-state index is -1.03. The second-order valence-electron chi connectivity index (χ2n) is 10.2. The highest BCUT2D eigenvalue weighted by atomic mass is 16.6. The molecule has 1 heterocycles. The van der Waals surface area contributed by atoms with Crippen molar-refractivity contribution < 1.29 is 28.6 Å². The molecule has 0 aromatic heterocycles. The molecule has 8 heteroatoms. The van der Waals surface area contributed by atoms with Crippen LogP contribution in [0.1, 0.15) is 44.2 Å². The number of nitrogens with zero attached hydrogens (tertiary/aromatic N) is 2. The first kappa shape index (κ1) is 25.7. The largest absolute Gasteiger partial charge is 0.460 e. The second-order valence-corrected chi connectivity index (χ2v) is 10.2. The Morgan fingerprint density at radius 3 is 2.11 bits per heavy atom. The van der Waals surface area contributed by atoms with Gasteiger partial charge in [0, 0.05) is 26.1 Å². The number of esters is 1. The molecule has 1 aliphatic carbocycles. The highest BCUT2D eigenvalue weighted by Gasteiger charge is 2.36. The first-order chi connectivity index (χ1) is 17.2. The molecular weight excluding hydrogens is 460 g/mol. The number of benzene rings is 2. The van der Waals surface area contributed by atoms with E-state index < -0.39 is 23.7 Å². The summed E-state index contributed by atoms with van der Waals surface area (Å²) in [6.45, 7) is 7.06. The van der Waals surface area contributed by atoms with Crippen molar-refractivity contribution in [3.8, 4) is 11.1 Å². The van der Waals surface area contributed by atoms with Crippen molar-refractivity contribution in [1.29, 1.82) is 0 Å². The summed E-state index contributed by atoms with van der Waals surface area (Å²) in [7, 11) is 1.49. The Balaban J connectivity index is 1.49. The molecule has 36 heavy (non-hydrogen) atoms. The van der Waals surface area contributed by atoms with Gasteiger partial charge in [0.25, 0.3) is 0 Å². The predicted octanol–water partition coefficient (Wildman–Crippen LogP) is 3.83. The van der Waals surface area contributed by atoms with Gasteiger partial charge in [0.05, 0.1) is 19.6 Å². The van der Waals surface area contributed by atoms with Crippen LogP contribution in [0.2, 0.25) is 0 Å². The molecule has 0 saturated carbocycles. The Labute approximate surface area is 212 Å². The van der Waals surface area contributed by atoms with Crippen molar-refractivity contribution in [1.82, 2.24) is 9.80 Å². The van der Waals surface area contributed by atoms with Gasteiger partial charge in [-0.15, -0.1) is 0 Å². The van der Waals surface area contributed by atoms with Crippen LogP contribution in [-0.4, -0.2) is 79.4 Å². The third-order valence-electron chi connectivity index (χ3n) is 6.48. The minimum Gasteiger partial charge on any atom is -0.460 e. The maximum absolute atomic E-state index is 13.3. The van der Waals surface area contributed by atoms with Crippen molar-refractivity contribution >= 4 is 18.0 Å². The molecule has 2 aliphatic rings. The molecule has 1 saturated heterocycles. The van der Waals surface area contributed by atoms with Crippen molar-refractivity contribution in [2.24, 2.45) is 0 Å². The van der Waals surface area contributed by atoms with Crippen molar-refractivity contribution in [2.75, 3.05) is 40.0 Å². The van der Waals surface area contributed by atoms with Crippen molar-refractivity contribution in [3.05, 3.63) is 59.7 Å². The van der Waals surface area contributed by atoms with E-state index in [0.717, 1.165) is 22.3 Å². The summed E-state index contributed by atoms with van der Waals surface area (Å²) in [5, 5.41) is 0. The van der Waals surface area contributed by atoms with Crippen LogP contribution in [0.15, 0.2) is 48.5 Å². The lowest BCUT2D eigenvalue weighted by Crippen LogP contribution is -2.53. The van der Waals surface area contributed by atoms with E-state index in [-0.39, 0.29) is 24.9 Å². The van der Waals surface area contributed by atoms with Crippen molar-refractivity contribution in [3.63, 3.8) is 0 Å². The van der Waals surface area contributed by atoms with Gasteiger partial charge in [0.15, 0.2) is 0 Å². The maximum Gasteiger partial charge on any atom is 0.410 e. The molecule has 2 amide bonds. The second kappa shape index (κ2) is 10.7. The molecule has 0 N–H and O–H groups in total. The van der Waals surface area contributed by atoms with Gasteiger partial charge in [0.2, 0.25) is 5.91 Å². The summed E-state index contributed by atoms with van der Waals surface area (Å²) >= 11 is 0. The number of likely N-dealkylation sites (N-methyl/N-ethyl adjacent to an activating group) is 1. The van der Waals surface area contributed by atoms with Gasteiger partial charge in [0.1, 0.15) is 18.2 Å². The average molecular weight is 495 g/mol. The van der Waals surface area contributed by atoms with Crippen LogP contribution >= 0.6 is 0 Å². The van der Waals surface area contributed by atoms with Gasteiger partial charge in [-0.2, -0.15) is 0 Å². The number of fused-ring (bicyclic) bond motifs is 3. The Morgan fingerprint density at radius 1 is 1.00 bits per heavy atom. The van der Waals surface area contributed by atoms with Gasteiger partial charge in [-0.1, -0.05) is 48.5 Å². The van der Waals surface area contributed by atoms with Crippen LogP contribution in [0.4, 0.5) is 4.79 Å². The Hall–Kier alpha value is -3.39. The molecule has 1 unspecified atom stereocenters. The van der Waals surface area contributed by atoms with Gasteiger partial charge in [-0.3, -0.25) is 14.5 Å². The van der Waals surface area contributed by atoms with Crippen LogP contribution in [0, 0.1) is 0 Å². The van der Waals surface area contributed by atoms with Crippen LogP contribution < -0.4 is 0 Å². The summed E-state index contributed by atoms with van der Waals surface area (Å²) < 4.78 is 16.5. The smallest absolute Gasteiger partial charge is 0.410 e. The standard InChI is InChI=1S/C28H34N2O6/c1-28(2,3)36-25(31)17-24(26(32)30-13-15-34-16-14-30)29(4)27(33)35-18-23-21-11-7-5-9-19(21)20-10-6-8-12-22(20)23/h5-12,23-24H,13-18H2,1-4H3. The highest BCUT2D eigenvalue weighted by Crippen LogP contribution is 2.44. The number of hydrogen-bond donors (Lipinski definition) is 0. The van der Waals surface area contributed by atoms with E-state index in [2.05, 4.69) is 12.1 Å². The number of morpholine rings is 1. The third-order valence-corrected chi connectivity index (χ3v) is 6.48. The van der Waals surface area contributed by atoms with E-state index in [1.54, 1.807) is 25.7 Å². The molecule has 0 radical (unpaired) electrons. The summed E-state index contributed by atoms with van der Waals surface area (Å²) in [5.74, 6) is -0.971. The summed E-state index contributed by atoms with van der Waals surface area (Å²) in [4.78, 5) is 42.0. The first-order valence-corrected chi connectivity index (χ1v) is 12.3. The number of rotatable bonds is 6.